The number of amides is 2. The fourth-order valence-electron chi connectivity index (χ4n) is 4.36. The zero-order chi connectivity index (χ0) is 26.2. The first kappa shape index (κ1) is 25.3. The van der Waals surface area contributed by atoms with Crippen LogP contribution >= 0.6 is 11.8 Å². The Morgan fingerprint density at radius 2 is 1.72 bits per heavy atom. The molecule has 12 heteroatoms. The van der Waals surface area contributed by atoms with Crippen molar-refractivity contribution in [1.82, 2.24) is 10.2 Å². The molecule has 0 saturated carbocycles. The van der Waals surface area contributed by atoms with E-state index in [9.17, 15) is 24.5 Å². The minimum absolute atomic E-state index is 0.0637. The molecule has 2 saturated heterocycles. The molecule has 1 N–H and O–H groups in total. The van der Waals surface area contributed by atoms with E-state index >= 15 is 0 Å². The van der Waals surface area contributed by atoms with Gasteiger partial charge in [0.25, 0.3) is 11.6 Å². The third-order valence-corrected chi connectivity index (χ3v) is 7.71. The Balaban J connectivity index is 1.45. The maximum absolute atomic E-state index is 13.1. The van der Waals surface area contributed by atoms with E-state index in [4.69, 9.17) is 14.2 Å². The van der Waals surface area contributed by atoms with Gasteiger partial charge >= 0.3 is 5.97 Å². The summed E-state index contributed by atoms with van der Waals surface area (Å²) in [5.41, 5.74) is 0.695. The van der Waals surface area contributed by atoms with Gasteiger partial charge in [-0.2, -0.15) is 0 Å². The largest absolute Gasteiger partial charge is 0.496 e. The van der Waals surface area contributed by atoms with Gasteiger partial charge in [-0.15, -0.1) is 11.8 Å². The second kappa shape index (κ2) is 9.69. The molecule has 0 aliphatic carbocycles. The number of thioether (sulfide) groups is 1. The number of esters is 1. The van der Waals surface area contributed by atoms with Crippen LogP contribution in [0.4, 0.5) is 5.69 Å². The van der Waals surface area contributed by atoms with Crippen LogP contribution in [0.25, 0.3) is 0 Å². The monoisotopic (exact) mass is 515 g/mol. The number of rotatable bonds is 8. The molecular weight excluding hydrogens is 490 g/mol. The van der Waals surface area contributed by atoms with E-state index in [2.05, 4.69) is 5.32 Å². The Bertz CT molecular complexity index is 1190. The number of carbonyl (C=O) groups excluding carboxylic acids is 3. The number of hydrogen-bond acceptors (Lipinski definition) is 9. The molecule has 190 valence electrons. The van der Waals surface area contributed by atoms with Gasteiger partial charge in [0, 0.05) is 16.9 Å². The third kappa shape index (κ3) is 4.43. The fraction of sp³-hybridized carbons (Fsp3) is 0.375. The molecular formula is C24H25N3O8S. The highest BCUT2D eigenvalue weighted by Gasteiger charge is 2.64. The van der Waals surface area contributed by atoms with Gasteiger partial charge in [-0.1, -0.05) is 6.07 Å². The number of carbonyl (C=O) groups is 3. The van der Waals surface area contributed by atoms with Gasteiger partial charge in [0.1, 0.15) is 41.1 Å². The zero-order valence-corrected chi connectivity index (χ0v) is 20.9. The molecule has 0 unspecified atom stereocenters. The summed E-state index contributed by atoms with van der Waals surface area (Å²) in [6.45, 7) is 3.58. The van der Waals surface area contributed by atoms with Crippen LogP contribution in [0, 0.1) is 10.1 Å². The third-order valence-electron chi connectivity index (χ3n) is 6.13. The molecule has 4 rings (SSSR count). The minimum atomic E-state index is -0.855. The second-order valence-electron chi connectivity index (χ2n) is 8.78. The second-order valence-corrected chi connectivity index (χ2v) is 10.6. The molecule has 0 bridgehead atoms. The van der Waals surface area contributed by atoms with E-state index in [0.717, 1.165) is 0 Å². The van der Waals surface area contributed by atoms with Crippen LogP contribution in [-0.4, -0.2) is 64.0 Å². The lowest BCUT2D eigenvalue weighted by Crippen LogP contribution is -2.70. The Hall–Kier alpha value is -3.80. The van der Waals surface area contributed by atoms with Gasteiger partial charge in [0.05, 0.1) is 19.1 Å². The van der Waals surface area contributed by atoms with Crippen molar-refractivity contribution in [2.75, 3.05) is 14.2 Å². The van der Waals surface area contributed by atoms with E-state index in [1.807, 2.05) is 13.8 Å². The molecule has 3 atom stereocenters. The Morgan fingerprint density at radius 3 is 2.28 bits per heavy atom. The number of β-lactam (4-membered cyclic amide) rings is 1. The quantitative estimate of drug-likeness (QED) is 0.243. The topological polar surface area (TPSA) is 137 Å². The van der Waals surface area contributed by atoms with Gasteiger partial charge < -0.3 is 24.4 Å². The summed E-state index contributed by atoms with van der Waals surface area (Å²) in [5, 5.41) is 13.1. The molecule has 2 aromatic carbocycles. The van der Waals surface area contributed by atoms with Gasteiger partial charge in [0.2, 0.25) is 5.91 Å². The van der Waals surface area contributed by atoms with Crippen LogP contribution in [0.5, 0.6) is 11.5 Å². The van der Waals surface area contributed by atoms with Crippen molar-refractivity contribution in [2.24, 2.45) is 0 Å². The van der Waals surface area contributed by atoms with Crippen LogP contribution < -0.4 is 14.8 Å². The van der Waals surface area contributed by atoms with Crippen molar-refractivity contribution in [3.8, 4) is 11.5 Å². The lowest BCUT2D eigenvalue weighted by atomic mass is 9.95. The van der Waals surface area contributed by atoms with Crippen LogP contribution in [0.3, 0.4) is 0 Å². The SMILES string of the molecule is COc1cccc(OC)c1C(=O)N[C@@H]1C(=O)N2[C@@H]1SC(C)(C)[C@@H]2C(=O)OCc1ccc([N+](=O)[O-])cc1. The fourth-order valence-corrected chi connectivity index (χ4v) is 5.98. The normalized spacial score (nSPS) is 21.7. The average molecular weight is 516 g/mol. The maximum Gasteiger partial charge on any atom is 0.330 e. The van der Waals surface area contributed by atoms with E-state index in [1.165, 1.54) is 55.1 Å². The first-order valence-electron chi connectivity index (χ1n) is 11.0. The van der Waals surface area contributed by atoms with Crippen LogP contribution in [0.1, 0.15) is 29.8 Å². The Kier molecular flexibility index (Phi) is 6.81. The molecule has 2 aliphatic rings. The van der Waals surface area contributed by atoms with E-state index in [1.54, 1.807) is 18.2 Å². The highest BCUT2D eigenvalue weighted by atomic mass is 32.2. The van der Waals surface area contributed by atoms with E-state index < -0.39 is 44.9 Å². The molecule has 11 nitrogen and oxygen atoms in total. The average Bonchev–Trinajstić information content (AvgIpc) is 3.12. The number of nitrogens with zero attached hydrogens (tertiary/aromatic N) is 2. The number of non-ortho nitro benzene ring substituents is 1. The maximum atomic E-state index is 13.1. The van der Waals surface area contributed by atoms with Gasteiger partial charge in [-0.3, -0.25) is 19.7 Å². The standard InChI is InChI=1S/C24H25N3O8S/c1-24(2)19(23(30)35-12-13-8-10-14(11-9-13)27(31)32)26-21(29)18(22(26)36-24)25-20(28)17-15(33-3)6-5-7-16(17)34-4/h5-11,18-19,22H,12H2,1-4H3,(H,25,28)/t18-,19+,22-/m1/s1. The predicted octanol–water partition coefficient (Wildman–Crippen LogP) is 2.52. The number of nitro benzene ring substituents is 1. The lowest BCUT2D eigenvalue weighted by molar-refractivity contribution is -0.384. The van der Waals surface area contributed by atoms with Crippen LogP contribution in [0.15, 0.2) is 42.5 Å². The first-order chi connectivity index (χ1) is 17.1. The Labute approximate surface area is 211 Å². The van der Waals surface area contributed by atoms with Crippen molar-refractivity contribution < 1.29 is 33.5 Å². The highest BCUT2D eigenvalue weighted by Crippen LogP contribution is 2.51. The van der Waals surface area contributed by atoms with Gasteiger partial charge in [-0.05, 0) is 43.7 Å². The summed E-state index contributed by atoms with van der Waals surface area (Å²) in [6.07, 6.45) is 0. The molecule has 2 heterocycles. The number of nitrogens with one attached hydrogen (secondary N) is 1. The summed E-state index contributed by atoms with van der Waals surface area (Å²) in [5.74, 6) is -0.884. The summed E-state index contributed by atoms with van der Waals surface area (Å²) >= 11 is 1.40. The number of nitro groups is 1. The number of hydrogen-bond donors (Lipinski definition) is 1. The summed E-state index contributed by atoms with van der Waals surface area (Å²) in [7, 11) is 2.87. The van der Waals surface area contributed by atoms with Crippen LogP contribution in [-0.2, 0) is 20.9 Å². The molecule has 2 fully saturated rings. The zero-order valence-electron chi connectivity index (χ0n) is 20.0. The summed E-state index contributed by atoms with van der Waals surface area (Å²) in [6, 6.07) is 8.93. The lowest BCUT2D eigenvalue weighted by Gasteiger charge is -2.44. The van der Waals surface area contributed by atoms with E-state index in [0.29, 0.717) is 17.1 Å². The van der Waals surface area contributed by atoms with Crippen LogP contribution in [0.2, 0.25) is 0 Å². The van der Waals surface area contributed by atoms with Crippen molar-refractivity contribution in [3.63, 3.8) is 0 Å². The van der Waals surface area contributed by atoms with Crippen molar-refractivity contribution >= 4 is 35.2 Å². The molecule has 2 aliphatic heterocycles. The van der Waals surface area contributed by atoms with Crippen molar-refractivity contribution in [3.05, 3.63) is 63.7 Å². The predicted molar refractivity (Wildman–Crippen MR) is 130 cm³/mol. The van der Waals surface area contributed by atoms with Gasteiger partial charge in [-0.25, -0.2) is 4.79 Å². The first-order valence-corrected chi connectivity index (χ1v) is 11.9. The molecule has 0 aromatic heterocycles. The number of ether oxygens (including phenoxy) is 3. The number of benzene rings is 2. The smallest absolute Gasteiger partial charge is 0.330 e. The number of methoxy groups -OCH3 is 2. The highest BCUT2D eigenvalue weighted by molar-refractivity contribution is 8.01. The minimum Gasteiger partial charge on any atom is -0.496 e. The van der Waals surface area contributed by atoms with Gasteiger partial charge in [0.15, 0.2) is 0 Å². The molecule has 36 heavy (non-hydrogen) atoms. The molecule has 0 spiro atoms. The molecule has 2 amide bonds. The number of fused-ring (bicyclic) bond motifs is 1. The Morgan fingerprint density at radius 1 is 1.11 bits per heavy atom. The van der Waals surface area contributed by atoms with E-state index in [-0.39, 0.29) is 17.9 Å². The van der Waals surface area contributed by atoms with Crippen molar-refractivity contribution in [2.45, 2.75) is 42.7 Å². The molecule has 0 radical (unpaired) electrons. The summed E-state index contributed by atoms with van der Waals surface area (Å²) in [4.78, 5) is 50.9. The molecule has 2 aromatic rings. The van der Waals surface area contributed by atoms with Crippen molar-refractivity contribution in [1.29, 1.82) is 0 Å². The summed E-state index contributed by atoms with van der Waals surface area (Å²) < 4.78 is 15.4.